The number of hydrogen-bond donors (Lipinski definition) is 1. The first-order chi connectivity index (χ1) is 13.8. The lowest BCUT2D eigenvalue weighted by atomic mass is 9.93. The van der Waals surface area contributed by atoms with Gasteiger partial charge in [-0.25, -0.2) is 4.79 Å². The minimum absolute atomic E-state index is 0.0302. The third kappa shape index (κ3) is 3.97. The molecule has 0 bridgehead atoms. The highest BCUT2D eigenvalue weighted by atomic mass is 16.2. The topological polar surface area (TPSA) is 90.0 Å². The van der Waals surface area contributed by atoms with Gasteiger partial charge in [0.2, 0.25) is 5.91 Å². The van der Waals surface area contributed by atoms with Gasteiger partial charge in [0.15, 0.2) is 5.78 Å². The van der Waals surface area contributed by atoms with Crippen molar-refractivity contribution in [3.8, 4) is 0 Å². The molecule has 2 aliphatic rings. The number of urea groups is 1. The van der Waals surface area contributed by atoms with E-state index in [2.05, 4.69) is 10.2 Å². The molecule has 8 nitrogen and oxygen atoms in total. The summed E-state index contributed by atoms with van der Waals surface area (Å²) in [7, 11) is 0. The normalized spacial score (nSPS) is 18.8. The summed E-state index contributed by atoms with van der Waals surface area (Å²) in [6, 6.07) is 6.95. The van der Waals surface area contributed by atoms with E-state index in [1.807, 2.05) is 26.0 Å². The molecule has 0 unspecified atom stereocenters. The molecule has 0 radical (unpaired) electrons. The van der Waals surface area contributed by atoms with Gasteiger partial charge in [0.25, 0.3) is 5.91 Å². The first-order valence-corrected chi connectivity index (χ1v) is 10.1. The molecule has 4 amide bonds. The Balaban J connectivity index is 1.57. The highest BCUT2D eigenvalue weighted by Crippen LogP contribution is 2.25. The van der Waals surface area contributed by atoms with Gasteiger partial charge in [-0.1, -0.05) is 13.8 Å². The van der Waals surface area contributed by atoms with Gasteiger partial charge >= 0.3 is 6.03 Å². The minimum atomic E-state index is -0.887. The van der Waals surface area contributed by atoms with Crippen LogP contribution in [0.5, 0.6) is 0 Å². The van der Waals surface area contributed by atoms with E-state index < -0.39 is 11.6 Å². The number of hydrogen-bond acceptors (Lipinski definition) is 5. The summed E-state index contributed by atoms with van der Waals surface area (Å²) in [5.41, 5.74) is 0.792. The number of Topliss-reactive ketones (excluding diaryl/α,β-unsaturated/α-hetero) is 1. The maximum absolute atomic E-state index is 12.7. The van der Waals surface area contributed by atoms with Crippen molar-refractivity contribution in [2.75, 3.05) is 37.6 Å². The fraction of sp³-hybridized carbons (Fsp3) is 0.524. The number of amides is 4. The molecule has 0 aliphatic carbocycles. The summed E-state index contributed by atoms with van der Waals surface area (Å²) in [5, 5.41) is 2.75. The standard InChI is InChI=1S/C21H28N4O4/c1-4-21(5-2)19(28)25(20(29)22-21)14-18(27)24-12-10-23(11-13-24)17-8-6-16(7-9-17)15(3)26/h6-9H,4-5,10-14H2,1-3H3,(H,22,29). The molecule has 2 saturated heterocycles. The molecule has 2 heterocycles. The fourth-order valence-electron chi connectivity index (χ4n) is 3.91. The number of imide groups is 1. The van der Waals surface area contributed by atoms with E-state index in [-0.39, 0.29) is 24.1 Å². The molecule has 2 aliphatic heterocycles. The van der Waals surface area contributed by atoms with Crippen molar-refractivity contribution in [2.45, 2.75) is 39.2 Å². The van der Waals surface area contributed by atoms with E-state index >= 15 is 0 Å². The van der Waals surface area contributed by atoms with Crippen LogP contribution in [0.2, 0.25) is 0 Å². The zero-order valence-electron chi connectivity index (χ0n) is 17.2. The largest absolute Gasteiger partial charge is 0.368 e. The number of ketones is 1. The smallest absolute Gasteiger partial charge is 0.325 e. The van der Waals surface area contributed by atoms with Crippen molar-refractivity contribution in [1.29, 1.82) is 0 Å². The SMILES string of the molecule is CCC1(CC)NC(=O)N(CC(=O)N2CCN(c3ccc(C(C)=O)cc3)CC2)C1=O. The van der Waals surface area contributed by atoms with E-state index in [9.17, 15) is 19.2 Å². The predicted molar refractivity (Wildman–Crippen MR) is 109 cm³/mol. The van der Waals surface area contributed by atoms with E-state index in [4.69, 9.17) is 0 Å². The number of carbonyl (C=O) groups excluding carboxylic acids is 4. The van der Waals surface area contributed by atoms with Gasteiger partial charge in [0, 0.05) is 37.4 Å². The molecule has 2 fully saturated rings. The predicted octanol–water partition coefficient (Wildman–Crippen LogP) is 1.65. The van der Waals surface area contributed by atoms with E-state index in [0.717, 1.165) is 10.6 Å². The molecule has 29 heavy (non-hydrogen) atoms. The summed E-state index contributed by atoms with van der Waals surface area (Å²) >= 11 is 0. The van der Waals surface area contributed by atoms with Crippen LogP contribution in [0.4, 0.5) is 10.5 Å². The fourth-order valence-corrected chi connectivity index (χ4v) is 3.91. The monoisotopic (exact) mass is 400 g/mol. The lowest BCUT2D eigenvalue weighted by Crippen LogP contribution is -2.52. The molecule has 1 N–H and O–H groups in total. The number of anilines is 1. The quantitative estimate of drug-likeness (QED) is 0.579. The summed E-state index contributed by atoms with van der Waals surface area (Å²) in [5.74, 6) is -0.504. The van der Waals surface area contributed by atoms with Crippen LogP contribution in [0.25, 0.3) is 0 Å². The molecular formula is C21H28N4O4. The summed E-state index contributed by atoms with van der Waals surface area (Å²) in [4.78, 5) is 53.9. The molecule has 0 spiro atoms. The molecule has 1 aromatic carbocycles. The second-order valence-electron chi connectivity index (χ2n) is 7.58. The maximum Gasteiger partial charge on any atom is 0.325 e. The second kappa shape index (κ2) is 8.23. The first kappa shape index (κ1) is 20.8. The van der Waals surface area contributed by atoms with Crippen molar-refractivity contribution in [1.82, 2.24) is 15.1 Å². The van der Waals surface area contributed by atoms with Gasteiger partial charge < -0.3 is 15.1 Å². The first-order valence-electron chi connectivity index (χ1n) is 10.1. The van der Waals surface area contributed by atoms with Crippen LogP contribution in [-0.2, 0) is 9.59 Å². The van der Waals surface area contributed by atoms with Crippen LogP contribution >= 0.6 is 0 Å². The molecule has 0 saturated carbocycles. The maximum atomic E-state index is 12.7. The Morgan fingerprint density at radius 1 is 1.00 bits per heavy atom. The van der Waals surface area contributed by atoms with Gasteiger partial charge in [-0.3, -0.25) is 19.3 Å². The van der Waals surface area contributed by atoms with Gasteiger partial charge in [-0.15, -0.1) is 0 Å². The summed E-state index contributed by atoms with van der Waals surface area (Å²) < 4.78 is 0. The van der Waals surface area contributed by atoms with Crippen molar-refractivity contribution in [2.24, 2.45) is 0 Å². The summed E-state index contributed by atoms with van der Waals surface area (Å²) in [6.45, 7) is 7.37. The van der Waals surface area contributed by atoms with Crippen molar-refractivity contribution < 1.29 is 19.2 Å². The Labute approximate surface area is 170 Å². The average Bonchev–Trinajstić information content (AvgIpc) is 2.98. The van der Waals surface area contributed by atoms with Gasteiger partial charge in [0.05, 0.1) is 0 Å². The number of nitrogens with one attached hydrogen (secondary N) is 1. The Kier molecular flexibility index (Phi) is 5.91. The number of carbonyl (C=O) groups is 4. The number of rotatable bonds is 6. The lowest BCUT2D eigenvalue weighted by Gasteiger charge is -2.36. The molecule has 1 aromatic rings. The molecule has 0 aromatic heterocycles. The van der Waals surface area contributed by atoms with Crippen LogP contribution in [0.1, 0.15) is 44.0 Å². The molecule has 8 heteroatoms. The molecule has 0 atom stereocenters. The van der Waals surface area contributed by atoms with Crippen molar-refractivity contribution in [3.05, 3.63) is 29.8 Å². The Morgan fingerprint density at radius 3 is 2.07 bits per heavy atom. The Morgan fingerprint density at radius 2 is 1.59 bits per heavy atom. The highest BCUT2D eigenvalue weighted by Gasteiger charge is 2.49. The van der Waals surface area contributed by atoms with Crippen LogP contribution in [0.15, 0.2) is 24.3 Å². The number of piperazine rings is 1. The molecule has 156 valence electrons. The van der Waals surface area contributed by atoms with Crippen molar-refractivity contribution in [3.63, 3.8) is 0 Å². The zero-order chi connectivity index (χ0) is 21.2. The van der Waals surface area contributed by atoms with Crippen LogP contribution < -0.4 is 10.2 Å². The van der Waals surface area contributed by atoms with Gasteiger partial charge in [-0.05, 0) is 44.0 Å². The minimum Gasteiger partial charge on any atom is -0.368 e. The molecular weight excluding hydrogens is 372 g/mol. The lowest BCUT2D eigenvalue weighted by molar-refractivity contribution is -0.139. The van der Waals surface area contributed by atoms with Gasteiger partial charge in [0.1, 0.15) is 12.1 Å². The van der Waals surface area contributed by atoms with Crippen LogP contribution in [0.3, 0.4) is 0 Å². The van der Waals surface area contributed by atoms with Crippen LogP contribution in [0, 0.1) is 0 Å². The van der Waals surface area contributed by atoms with Crippen molar-refractivity contribution >= 4 is 29.3 Å². The average molecular weight is 400 g/mol. The van der Waals surface area contributed by atoms with E-state index in [0.29, 0.717) is 44.6 Å². The zero-order valence-corrected chi connectivity index (χ0v) is 17.2. The Bertz CT molecular complexity index is 808. The van der Waals surface area contributed by atoms with Crippen LogP contribution in [-0.4, -0.2) is 71.7 Å². The number of benzene rings is 1. The summed E-state index contributed by atoms with van der Waals surface area (Å²) in [6.07, 6.45) is 1.000. The third-order valence-corrected chi connectivity index (χ3v) is 6.02. The van der Waals surface area contributed by atoms with E-state index in [1.165, 1.54) is 6.92 Å². The second-order valence-corrected chi connectivity index (χ2v) is 7.58. The number of nitrogens with zero attached hydrogens (tertiary/aromatic N) is 3. The highest BCUT2D eigenvalue weighted by molar-refractivity contribution is 6.09. The van der Waals surface area contributed by atoms with Gasteiger partial charge in [-0.2, -0.15) is 0 Å². The van der Waals surface area contributed by atoms with E-state index in [1.54, 1.807) is 17.0 Å². The third-order valence-electron chi connectivity index (χ3n) is 6.02. The molecule has 3 rings (SSSR count). The Hall–Kier alpha value is -2.90.